The number of carbonyl (C=O) groups excluding carboxylic acids is 1. The predicted molar refractivity (Wildman–Crippen MR) is 71.4 cm³/mol. The lowest BCUT2D eigenvalue weighted by atomic mass is 10.0. The van der Waals surface area contributed by atoms with Crippen molar-refractivity contribution in [3.05, 3.63) is 28.2 Å². The quantitative estimate of drug-likeness (QED) is 0.751. The molecule has 1 amide bonds. The maximum Gasteiger partial charge on any atom is 0.263 e. The molecule has 1 aromatic carbocycles. The van der Waals surface area contributed by atoms with E-state index in [2.05, 4.69) is 26.5 Å². The van der Waals surface area contributed by atoms with Crippen LogP contribution >= 0.6 is 15.9 Å². The van der Waals surface area contributed by atoms with Gasteiger partial charge in [0.25, 0.3) is 5.91 Å². The van der Waals surface area contributed by atoms with Crippen molar-refractivity contribution in [1.29, 1.82) is 0 Å². The Bertz CT molecular complexity index is 532. The number of fused-ring (bicyclic) bond motifs is 3. The van der Waals surface area contributed by atoms with Crippen LogP contribution in [0, 0.1) is 0 Å². The van der Waals surface area contributed by atoms with Crippen LogP contribution in [0.3, 0.4) is 0 Å². The largest absolute Gasteiger partial charge is 0.393 e. The minimum absolute atomic E-state index is 0.174. The molecule has 94 valence electrons. The summed E-state index contributed by atoms with van der Waals surface area (Å²) in [6.07, 6.45) is 2.04. The third-order valence-electron chi connectivity index (χ3n) is 3.27. The Morgan fingerprint density at radius 3 is 3.17 bits per heavy atom. The predicted octanol–water partition coefficient (Wildman–Crippen LogP) is 1.00. The van der Waals surface area contributed by atoms with Crippen LogP contribution in [0.15, 0.2) is 27.8 Å². The van der Waals surface area contributed by atoms with Gasteiger partial charge in [-0.2, -0.15) is 5.10 Å². The molecule has 5 nitrogen and oxygen atoms in total. The van der Waals surface area contributed by atoms with Crippen molar-refractivity contribution in [2.45, 2.75) is 25.0 Å². The summed E-state index contributed by atoms with van der Waals surface area (Å²) in [5.41, 5.74) is 4.38. The molecule has 2 aliphatic heterocycles. The number of anilines is 1. The highest BCUT2D eigenvalue weighted by Gasteiger charge is 2.34. The molecule has 0 saturated heterocycles. The maximum atomic E-state index is 11.8. The van der Waals surface area contributed by atoms with E-state index >= 15 is 0 Å². The van der Waals surface area contributed by atoms with Gasteiger partial charge in [-0.25, -0.2) is 5.43 Å². The van der Waals surface area contributed by atoms with Crippen molar-refractivity contribution in [3.63, 3.8) is 0 Å². The number of rotatable bonds is 0. The second kappa shape index (κ2) is 4.37. The van der Waals surface area contributed by atoms with Gasteiger partial charge in [0.05, 0.1) is 6.10 Å². The van der Waals surface area contributed by atoms with E-state index < -0.39 is 6.10 Å². The Labute approximate surface area is 113 Å². The van der Waals surface area contributed by atoms with Crippen molar-refractivity contribution in [2.75, 3.05) is 4.90 Å². The Morgan fingerprint density at radius 1 is 1.50 bits per heavy atom. The van der Waals surface area contributed by atoms with Gasteiger partial charge in [-0.05, 0) is 23.8 Å². The Morgan fingerprint density at radius 2 is 2.33 bits per heavy atom. The third-order valence-corrected chi connectivity index (χ3v) is 3.76. The number of amides is 1. The van der Waals surface area contributed by atoms with Crippen LogP contribution in [-0.4, -0.2) is 29.5 Å². The van der Waals surface area contributed by atoms with Crippen molar-refractivity contribution < 1.29 is 9.90 Å². The molecule has 2 unspecified atom stereocenters. The summed E-state index contributed by atoms with van der Waals surface area (Å²) >= 11 is 3.42. The first kappa shape index (κ1) is 11.7. The number of nitrogens with one attached hydrogen (secondary N) is 1. The summed E-state index contributed by atoms with van der Waals surface area (Å²) in [6.45, 7) is 0. The molecule has 2 aliphatic rings. The molecule has 0 bridgehead atoms. The van der Waals surface area contributed by atoms with Gasteiger partial charge >= 0.3 is 0 Å². The highest BCUT2D eigenvalue weighted by atomic mass is 79.9. The first-order valence-corrected chi connectivity index (χ1v) is 6.52. The van der Waals surface area contributed by atoms with Gasteiger partial charge in [0.1, 0.15) is 12.4 Å². The summed E-state index contributed by atoms with van der Waals surface area (Å²) in [5.74, 6) is -0.174. The monoisotopic (exact) mass is 309 g/mol. The van der Waals surface area contributed by atoms with Crippen LogP contribution in [0.4, 0.5) is 5.69 Å². The number of hydrazone groups is 1. The van der Waals surface area contributed by atoms with Gasteiger partial charge in [0, 0.05) is 23.0 Å². The van der Waals surface area contributed by atoms with Crippen LogP contribution in [0.5, 0.6) is 0 Å². The number of hydrogen-bond acceptors (Lipinski definition) is 4. The summed E-state index contributed by atoms with van der Waals surface area (Å²) in [4.78, 5) is 13.6. The van der Waals surface area contributed by atoms with Gasteiger partial charge in [-0.15, -0.1) is 0 Å². The third kappa shape index (κ3) is 1.91. The van der Waals surface area contributed by atoms with Crippen LogP contribution in [0.25, 0.3) is 0 Å². The van der Waals surface area contributed by atoms with Crippen molar-refractivity contribution >= 4 is 33.9 Å². The zero-order valence-corrected chi connectivity index (χ0v) is 11.1. The van der Waals surface area contributed by atoms with E-state index in [-0.39, 0.29) is 11.9 Å². The van der Waals surface area contributed by atoms with E-state index in [4.69, 9.17) is 0 Å². The van der Waals surface area contributed by atoms with Gasteiger partial charge in [0.2, 0.25) is 0 Å². The number of carbonyl (C=O) groups is 1. The SMILES string of the molecule is O=C1NN=CN2c3ccc(Br)cc3CC(O)CC12. The first-order valence-electron chi connectivity index (χ1n) is 5.73. The molecule has 0 fully saturated rings. The highest BCUT2D eigenvalue weighted by molar-refractivity contribution is 9.10. The molecule has 0 aliphatic carbocycles. The summed E-state index contributed by atoms with van der Waals surface area (Å²) in [5, 5.41) is 13.9. The summed E-state index contributed by atoms with van der Waals surface area (Å²) in [6, 6.07) is 5.45. The molecule has 2 N–H and O–H groups in total. The van der Waals surface area contributed by atoms with Gasteiger partial charge in [0.15, 0.2) is 0 Å². The fraction of sp³-hybridized carbons (Fsp3) is 0.333. The van der Waals surface area contributed by atoms with Crippen molar-refractivity contribution in [2.24, 2.45) is 5.10 Å². The van der Waals surface area contributed by atoms with Gasteiger partial charge in [-0.3, -0.25) is 4.79 Å². The lowest BCUT2D eigenvalue weighted by Gasteiger charge is -2.30. The molecule has 0 saturated carbocycles. The zero-order valence-electron chi connectivity index (χ0n) is 9.51. The molecule has 18 heavy (non-hydrogen) atoms. The van der Waals surface area contributed by atoms with Crippen LogP contribution in [-0.2, 0) is 11.2 Å². The Balaban J connectivity index is 2.12. The van der Waals surface area contributed by atoms with E-state index in [1.807, 2.05) is 23.1 Å². The second-order valence-corrected chi connectivity index (χ2v) is 5.43. The van der Waals surface area contributed by atoms with Gasteiger partial charge in [-0.1, -0.05) is 15.9 Å². The second-order valence-electron chi connectivity index (χ2n) is 4.51. The fourth-order valence-corrected chi connectivity index (χ4v) is 2.86. The number of hydrogen-bond donors (Lipinski definition) is 2. The molecule has 1 aromatic rings. The van der Waals surface area contributed by atoms with E-state index in [1.54, 1.807) is 6.34 Å². The molecule has 0 spiro atoms. The van der Waals surface area contributed by atoms with Crippen molar-refractivity contribution in [3.8, 4) is 0 Å². The molecular formula is C12H12BrN3O2. The van der Waals surface area contributed by atoms with Crippen LogP contribution in [0.2, 0.25) is 0 Å². The smallest absolute Gasteiger partial charge is 0.263 e. The molecule has 6 heteroatoms. The number of aliphatic hydroxyl groups excluding tert-OH is 1. The van der Waals surface area contributed by atoms with Gasteiger partial charge < -0.3 is 10.0 Å². The Hall–Kier alpha value is -1.40. The number of aliphatic hydroxyl groups is 1. The molecule has 2 atom stereocenters. The Kier molecular flexibility index (Phi) is 2.83. The average molecular weight is 310 g/mol. The summed E-state index contributed by atoms with van der Waals surface area (Å²) < 4.78 is 0.963. The molecule has 3 rings (SSSR count). The fourth-order valence-electron chi connectivity index (χ4n) is 2.45. The molecule has 0 radical (unpaired) electrons. The number of benzene rings is 1. The molecule has 2 heterocycles. The highest BCUT2D eigenvalue weighted by Crippen LogP contribution is 2.31. The lowest BCUT2D eigenvalue weighted by Crippen LogP contribution is -2.50. The van der Waals surface area contributed by atoms with E-state index in [0.29, 0.717) is 12.8 Å². The van der Waals surface area contributed by atoms with Crippen molar-refractivity contribution in [1.82, 2.24) is 5.43 Å². The zero-order chi connectivity index (χ0) is 12.7. The minimum Gasteiger partial charge on any atom is -0.393 e. The van der Waals surface area contributed by atoms with E-state index in [0.717, 1.165) is 15.7 Å². The normalized spacial score (nSPS) is 26.1. The molecule has 0 aromatic heterocycles. The van der Waals surface area contributed by atoms with Crippen LogP contribution < -0.4 is 10.3 Å². The first-order chi connectivity index (χ1) is 8.65. The van der Waals surface area contributed by atoms with E-state index in [1.165, 1.54) is 0 Å². The molecular weight excluding hydrogens is 298 g/mol. The minimum atomic E-state index is -0.523. The maximum absolute atomic E-state index is 11.8. The lowest BCUT2D eigenvalue weighted by molar-refractivity contribution is -0.123. The van der Waals surface area contributed by atoms with E-state index in [9.17, 15) is 9.90 Å². The average Bonchev–Trinajstić information content (AvgIpc) is 2.45. The standard InChI is InChI=1S/C12H12BrN3O2/c13-8-1-2-10-7(3-8)4-9(17)5-11-12(18)15-14-6-16(10)11/h1-3,6,9,11,17H,4-5H2,(H,15,18). The summed E-state index contributed by atoms with van der Waals surface area (Å²) in [7, 11) is 0. The topological polar surface area (TPSA) is 64.9 Å². The number of nitrogens with zero attached hydrogens (tertiary/aromatic N) is 2. The van der Waals surface area contributed by atoms with Crippen LogP contribution in [0.1, 0.15) is 12.0 Å². The number of halogens is 1.